The van der Waals surface area contributed by atoms with E-state index in [4.69, 9.17) is 0 Å². The smallest absolute Gasteiger partial charge is 0.224 e. The standard InChI is InChI=1S/C12H17FN2O/c1-9-6-10(13)8-11(7-9)15-12(16)4-3-5-14-2/h6-8,14H,3-5H2,1-2H3,(H,15,16). The van der Waals surface area contributed by atoms with Gasteiger partial charge in [-0.1, -0.05) is 0 Å². The number of carbonyl (C=O) groups is 1. The van der Waals surface area contributed by atoms with E-state index in [-0.39, 0.29) is 11.7 Å². The van der Waals surface area contributed by atoms with Crippen molar-refractivity contribution >= 4 is 11.6 Å². The van der Waals surface area contributed by atoms with Gasteiger partial charge >= 0.3 is 0 Å². The van der Waals surface area contributed by atoms with Crippen LogP contribution < -0.4 is 10.6 Å². The van der Waals surface area contributed by atoms with Crippen LogP contribution in [-0.2, 0) is 4.79 Å². The maximum Gasteiger partial charge on any atom is 0.224 e. The Kier molecular flexibility index (Phi) is 4.92. The van der Waals surface area contributed by atoms with Gasteiger partial charge in [-0.3, -0.25) is 4.79 Å². The van der Waals surface area contributed by atoms with Gasteiger partial charge in [0.15, 0.2) is 0 Å². The van der Waals surface area contributed by atoms with Crippen LogP contribution in [0, 0.1) is 12.7 Å². The predicted octanol–water partition coefficient (Wildman–Crippen LogP) is 2.07. The molecule has 1 rings (SSSR count). The van der Waals surface area contributed by atoms with Crippen LogP contribution in [0.1, 0.15) is 18.4 Å². The summed E-state index contributed by atoms with van der Waals surface area (Å²) in [7, 11) is 1.84. The van der Waals surface area contributed by atoms with E-state index in [1.54, 1.807) is 13.0 Å². The highest BCUT2D eigenvalue weighted by atomic mass is 19.1. The second-order valence-corrected chi connectivity index (χ2v) is 3.77. The van der Waals surface area contributed by atoms with Crippen molar-refractivity contribution in [3.8, 4) is 0 Å². The van der Waals surface area contributed by atoms with E-state index >= 15 is 0 Å². The lowest BCUT2D eigenvalue weighted by Gasteiger charge is -2.06. The van der Waals surface area contributed by atoms with Crippen LogP contribution in [0.5, 0.6) is 0 Å². The highest BCUT2D eigenvalue weighted by Crippen LogP contribution is 2.13. The number of anilines is 1. The molecule has 16 heavy (non-hydrogen) atoms. The second-order valence-electron chi connectivity index (χ2n) is 3.77. The summed E-state index contributed by atoms with van der Waals surface area (Å²) in [5, 5.41) is 5.64. The first-order chi connectivity index (χ1) is 7.61. The Hall–Kier alpha value is -1.42. The molecule has 1 aromatic carbocycles. The highest BCUT2D eigenvalue weighted by Gasteiger charge is 2.03. The van der Waals surface area contributed by atoms with E-state index in [2.05, 4.69) is 10.6 Å². The van der Waals surface area contributed by atoms with E-state index in [1.807, 2.05) is 7.05 Å². The molecule has 0 aliphatic heterocycles. The van der Waals surface area contributed by atoms with Gasteiger partial charge in [0.25, 0.3) is 0 Å². The van der Waals surface area contributed by atoms with Crippen molar-refractivity contribution in [3.63, 3.8) is 0 Å². The molecule has 0 fully saturated rings. The lowest BCUT2D eigenvalue weighted by atomic mass is 10.2. The molecule has 0 atom stereocenters. The number of halogens is 1. The number of benzene rings is 1. The molecule has 0 spiro atoms. The van der Waals surface area contributed by atoms with Crippen LogP contribution in [0.2, 0.25) is 0 Å². The first kappa shape index (κ1) is 12.6. The molecular weight excluding hydrogens is 207 g/mol. The minimum absolute atomic E-state index is 0.0831. The third kappa shape index (κ3) is 4.40. The Morgan fingerprint density at radius 3 is 2.75 bits per heavy atom. The molecule has 0 saturated carbocycles. The second kappa shape index (κ2) is 6.23. The van der Waals surface area contributed by atoms with Crippen LogP contribution >= 0.6 is 0 Å². The number of hydrogen-bond donors (Lipinski definition) is 2. The molecule has 0 heterocycles. The Morgan fingerprint density at radius 2 is 2.12 bits per heavy atom. The van der Waals surface area contributed by atoms with Crippen LogP contribution in [0.3, 0.4) is 0 Å². The van der Waals surface area contributed by atoms with Gasteiger partial charge in [-0.05, 0) is 50.7 Å². The van der Waals surface area contributed by atoms with Gasteiger partial charge in [0.1, 0.15) is 5.82 Å². The first-order valence-corrected chi connectivity index (χ1v) is 5.33. The van der Waals surface area contributed by atoms with Crippen molar-refractivity contribution < 1.29 is 9.18 Å². The molecule has 1 aromatic rings. The van der Waals surface area contributed by atoms with Crippen molar-refractivity contribution in [1.29, 1.82) is 0 Å². The summed E-state index contributed by atoms with van der Waals surface area (Å²) in [5.41, 5.74) is 1.32. The molecule has 0 unspecified atom stereocenters. The maximum absolute atomic E-state index is 13.0. The Morgan fingerprint density at radius 1 is 1.38 bits per heavy atom. The number of aryl methyl sites for hydroxylation is 1. The molecule has 2 N–H and O–H groups in total. The molecule has 0 aliphatic rings. The summed E-state index contributed by atoms with van der Waals surface area (Å²) in [5.74, 6) is -0.411. The zero-order valence-electron chi connectivity index (χ0n) is 9.64. The Bertz CT molecular complexity index is 346. The molecule has 0 saturated heterocycles. The van der Waals surface area contributed by atoms with Gasteiger partial charge in [0.2, 0.25) is 5.91 Å². The van der Waals surface area contributed by atoms with Gasteiger partial charge in [0, 0.05) is 12.1 Å². The third-order valence-corrected chi connectivity index (χ3v) is 2.16. The number of carbonyl (C=O) groups excluding carboxylic acids is 1. The molecule has 0 aromatic heterocycles. The summed E-state index contributed by atoms with van der Waals surface area (Å²) in [6, 6.07) is 4.50. The topological polar surface area (TPSA) is 41.1 Å². The molecule has 3 nitrogen and oxygen atoms in total. The van der Waals surface area contributed by atoms with Crippen molar-refractivity contribution in [2.75, 3.05) is 18.9 Å². The summed E-state index contributed by atoms with van der Waals surface area (Å²) >= 11 is 0. The lowest BCUT2D eigenvalue weighted by molar-refractivity contribution is -0.116. The fraction of sp³-hybridized carbons (Fsp3) is 0.417. The van der Waals surface area contributed by atoms with E-state index in [9.17, 15) is 9.18 Å². The highest BCUT2D eigenvalue weighted by molar-refractivity contribution is 5.90. The molecular formula is C12H17FN2O. The van der Waals surface area contributed by atoms with Gasteiger partial charge < -0.3 is 10.6 Å². The number of amides is 1. The molecule has 0 bridgehead atoms. The van der Waals surface area contributed by atoms with E-state index < -0.39 is 0 Å². The summed E-state index contributed by atoms with van der Waals surface area (Å²) in [6.45, 7) is 2.59. The molecule has 0 aliphatic carbocycles. The van der Waals surface area contributed by atoms with Gasteiger partial charge in [0.05, 0.1) is 0 Å². The van der Waals surface area contributed by atoms with E-state index in [0.717, 1.165) is 18.5 Å². The third-order valence-electron chi connectivity index (χ3n) is 2.16. The molecule has 88 valence electrons. The number of rotatable bonds is 5. The average Bonchev–Trinajstić information content (AvgIpc) is 2.16. The minimum atomic E-state index is -0.328. The number of nitrogens with one attached hydrogen (secondary N) is 2. The van der Waals surface area contributed by atoms with Crippen molar-refractivity contribution in [3.05, 3.63) is 29.6 Å². The van der Waals surface area contributed by atoms with Crippen LogP contribution in [0.25, 0.3) is 0 Å². The summed E-state index contributed by atoms with van der Waals surface area (Å²) < 4.78 is 13.0. The largest absolute Gasteiger partial charge is 0.326 e. The molecule has 4 heteroatoms. The predicted molar refractivity (Wildman–Crippen MR) is 62.9 cm³/mol. The Labute approximate surface area is 95.0 Å². The monoisotopic (exact) mass is 224 g/mol. The van der Waals surface area contributed by atoms with E-state index in [1.165, 1.54) is 12.1 Å². The number of hydrogen-bond acceptors (Lipinski definition) is 2. The van der Waals surface area contributed by atoms with E-state index in [0.29, 0.717) is 12.1 Å². The van der Waals surface area contributed by atoms with Crippen molar-refractivity contribution in [1.82, 2.24) is 5.32 Å². The lowest BCUT2D eigenvalue weighted by Crippen LogP contribution is -2.15. The minimum Gasteiger partial charge on any atom is -0.326 e. The van der Waals surface area contributed by atoms with Crippen molar-refractivity contribution in [2.24, 2.45) is 0 Å². The van der Waals surface area contributed by atoms with Crippen LogP contribution in [-0.4, -0.2) is 19.5 Å². The zero-order valence-corrected chi connectivity index (χ0v) is 9.64. The summed E-state index contributed by atoms with van der Waals surface area (Å²) in [4.78, 5) is 11.4. The molecule has 1 amide bonds. The Balaban J connectivity index is 2.49. The maximum atomic E-state index is 13.0. The van der Waals surface area contributed by atoms with Crippen molar-refractivity contribution in [2.45, 2.75) is 19.8 Å². The zero-order chi connectivity index (χ0) is 12.0. The van der Waals surface area contributed by atoms with Crippen LogP contribution in [0.4, 0.5) is 10.1 Å². The fourth-order valence-corrected chi connectivity index (χ4v) is 1.46. The van der Waals surface area contributed by atoms with Gasteiger partial charge in [-0.15, -0.1) is 0 Å². The fourth-order valence-electron chi connectivity index (χ4n) is 1.46. The summed E-state index contributed by atoms with van der Waals surface area (Å²) in [6.07, 6.45) is 1.22. The van der Waals surface area contributed by atoms with Gasteiger partial charge in [-0.2, -0.15) is 0 Å². The first-order valence-electron chi connectivity index (χ1n) is 5.33. The molecule has 0 radical (unpaired) electrons. The van der Waals surface area contributed by atoms with Gasteiger partial charge in [-0.25, -0.2) is 4.39 Å². The average molecular weight is 224 g/mol. The SMILES string of the molecule is CNCCCC(=O)Nc1cc(C)cc(F)c1. The quantitative estimate of drug-likeness (QED) is 0.752. The van der Waals surface area contributed by atoms with Crippen LogP contribution in [0.15, 0.2) is 18.2 Å². The normalized spacial score (nSPS) is 10.2.